The van der Waals surface area contributed by atoms with Gasteiger partial charge < -0.3 is 10.6 Å². The van der Waals surface area contributed by atoms with Gasteiger partial charge in [0.15, 0.2) is 0 Å². The maximum Gasteiger partial charge on any atom is 0.233 e. The zero-order chi connectivity index (χ0) is 13.7. The normalized spacial score (nSPS) is 15.2. The van der Waals surface area contributed by atoms with Crippen molar-refractivity contribution in [3.05, 3.63) is 29.3 Å². The monoisotopic (exact) mass is 280 g/mol. The molecule has 0 spiro atoms. The van der Waals surface area contributed by atoms with Crippen LogP contribution < -0.4 is 10.6 Å². The zero-order valence-electron chi connectivity index (χ0n) is 10.6. The molecule has 0 unspecified atom stereocenters. The first-order chi connectivity index (χ1) is 9.13. The number of amides is 2. The molecule has 2 rings (SSSR count). The maximum absolute atomic E-state index is 11.7. The summed E-state index contributed by atoms with van der Waals surface area (Å²) in [6.45, 7) is 0. The predicted octanol–water partition coefficient (Wildman–Crippen LogP) is 2.73. The van der Waals surface area contributed by atoms with Crippen LogP contribution in [0.3, 0.4) is 0 Å². The fourth-order valence-electron chi connectivity index (χ4n) is 2.23. The topological polar surface area (TPSA) is 58.2 Å². The zero-order valence-corrected chi connectivity index (χ0v) is 11.4. The average molecular weight is 281 g/mol. The van der Waals surface area contributed by atoms with Crippen LogP contribution in [0.2, 0.25) is 5.02 Å². The van der Waals surface area contributed by atoms with Gasteiger partial charge in [0, 0.05) is 16.8 Å². The molecule has 5 heteroatoms. The minimum absolute atomic E-state index is 0.140. The molecule has 1 saturated carbocycles. The van der Waals surface area contributed by atoms with Gasteiger partial charge in [-0.2, -0.15) is 0 Å². The number of rotatable bonds is 4. The molecule has 0 bridgehead atoms. The standard InChI is InChI=1S/C14H17ClN2O2/c15-10-5-7-12(8-6-10)17-14(19)9-13(18)16-11-3-1-2-4-11/h5-8,11H,1-4,9H2,(H,16,18)(H,17,19). The molecule has 0 atom stereocenters. The third-order valence-corrected chi connectivity index (χ3v) is 3.42. The highest BCUT2D eigenvalue weighted by atomic mass is 35.5. The van der Waals surface area contributed by atoms with E-state index >= 15 is 0 Å². The highest BCUT2D eigenvalue weighted by molar-refractivity contribution is 6.30. The molecule has 19 heavy (non-hydrogen) atoms. The third-order valence-electron chi connectivity index (χ3n) is 3.17. The molecule has 102 valence electrons. The van der Waals surface area contributed by atoms with Crippen LogP contribution in [0.4, 0.5) is 5.69 Å². The number of anilines is 1. The lowest BCUT2D eigenvalue weighted by Gasteiger charge is -2.11. The van der Waals surface area contributed by atoms with E-state index < -0.39 is 0 Å². The molecule has 1 aromatic rings. The van der Waals surface area contributed by atoms with Crippen molar-refractivity contribution in [2.45, 2.75) is 38.1 Å². The molecule has 1 fully saturated rings. The van der Waals surface area contributed by atoms with Gasteiger partial charge in [0.25, 0.3) is 0 Å². The summed E-state index contributed by atoms with van der Waals surface area (Å²) in [4.78, 5) is 23.3. The smallest absolute Gasteiger partial charge is 0.233 e. The van der Waals surface area contributed by atoms with E-state index in [1.165, 1.54) is 0 Å². The van der Waals surface area contributed by atoms with Crippen molar-refractivity contribution in [1.29, 1.82) is 0 Å². The number of nitrogens with one attached hydrogen (secondary N) is 2. The lowest BCUT2D eigenvalue weighted by Crippen LogP contribution is -2.34. The number of halogens is 1. The fraction of sp³-hybridized carbons (Fsp3) is 0.429. The van der Waals surface area contributed by atoms with Crippen LogP contribution in [0.15, 0.2) is 24.3 Å². The first-order valence-electron chi connectivity index (χ1n) is 6.48. The van der Waals surface area contributed by atoms with Crippen LogP contribution in [-0.4, -0.2) is 17.9 Å². The van der Waals surface area contributed by atoms with Crippen molar-refractivity contribution in [2.24, 2.45) is 0 Å². The number of hydrogen-bond acceptors (Lipinski definition) is 2. The van der Waals surface area contributed by atoms with E-state index in [1.54, 1.807) is 24.3 Å². The minimum Gasteiger partial charge on any atom is -0.353 e. The van der Waals surface area contributed by atoms with Crippen LogP contribution in [0, 0.1) is 0 Å². The Bertz CT molecular complexity index is 453. The quantitative estimate of drug-likeness (QED) is 0.833. The number of carbonyl (C=O) groups excluding carboxylic acids is 2. The molecule has 2 amide bonds. The van der Waals surface area contributed by atoms with E-state index in [0.717, 1.165) is 25.7 Å². The second-order valence-corrected chi connectivity index (χ2v) is 5.22. The van der Waals surface area contributed by atoms with Crippen LogP contribution in [0.1, 0.15) is 32.1 Å². The average Bonchev–Trinajstić information content (AvgIpc) is 2.84. The number of carbonyl (C=O) groups is 2. The summed E-state index contributed by atoms with van der Waals surface area (Å²) in [7, 11) is 0. The van der Waals surface area contributed by atoms with E-state index in [-0.39, 0.29) is 24.3 Å². The Balaban J connectivity index is 1.77. The Hall–Kier alpha value is -1.55. The lowest BCUT2D eigenvalue weighted by molar-refractivity contribution is -0.127. The Kier molecular flexibility index (Phi) is 4.80. The second-order valence-electron chi connectivity index (χ2n) is 4.78. The highest BCUT2D eigenvalue weighted by Crippen LogP contribution is 2.17. The summed E-state index contributed by atoms with van der Waals surface area (Å²) >= 11 is 5.75. The summed E-state index contributed by atoms with van der Waals surface area (Å²) in [6, 6.07) is 7.03. The van der Waals surface area contributed by atoms with Crippen LogP contribution >= 0.6 is 11.6 Å². The van der Waals surface area contributed by atoms with Gasteiger partial charge in [-0.15, -0.1) is 0 Å². The molecular formula is C14H17ClN2O2. The summed E-state index contributed by atoms with van der Waals surface area (Å²) in [5.41, 5.74) is 0.642. The molecule has 1 aromatic carbocycles. The van der Waals surface area contributed by atoms with E-state index in [4.69, 9.17) is 11.6 Å². The third kappa shape index (κ3) is 4.56. The van der Waals surface area contributed by atoms with Gasteiger partial charge in [0.05, 0.1) is 0 Å². The molecular weight excluding hydrogens is 264 g/mol. The van der Waals surface area contributed by atoms with E-state index in [0.29, 0.717) is 10.7 Å². The number of hydrogen-bond donors (Lipinski definition) is 2. The summed E-state index contributed by atoms with van der Waals surface area (Å²) in [5.74, 6) is -0.517. The summed E-state index contributed by atoms with van der Waals surface area (Å²) < 4.78 is 0. The van der Waals surface area contributed by atoms with Gasteiger partial charge in [0.2, 0.25) is 11.8 Å². The Morgan fingerprint density at radius 2 is 1.74 bits per heavy atom. The van der Waals surface area contributed by atoms with E-state index in [1.807, 2.05) is 0 Å². The molecule has 4 nitrogen and oxygen atoms in total. The maximum atomic E-state index is 11.7. The van der Waals surface area contributed by atoms with Gasteiger partial charge in [-0.05, 0) is 37.1 Å². The van der Waals surface area contributed by atoms with E-state index in [2.05, 4.69) is 10.6 Å². The Labute approximate surface area is 117 Å². The summed E-state index contributed by atoms with van der Waals surface area (Å²) in [6.07, 6.45) is 4.21. The van der Waals surface area contributed by atoms with Crippen LogP contribution in [-0.2, 0) is 9.59 Å². The molecule has 2 N–H and O–H groups in total. The molecule has 1 aliphatic carbocycles. The molecule has 0 saturated heterocycles. The highest BCUT2D eigenvalue weighted by Gasteiger charge is 2.18. The van der Waals surface area contributed by atoms with Crippen LogP contribution in [0.25, 0.3) is 0 Å². The predicted molar refractivity (Wildman–Crippen MR) is 75.1 cm³/mol. The van der Waals surface area contributed by atoms with Crippen molar-refractivity contribution in [3.63, 3.8) is 0 Å². The first kappa shape index (κ1) is 13.9. The van der Waals surface area contributed by atoms with Gasteiger partial charge >= 0.3 is 0 Å². The van der Waals surface area contributed by atoms with Crippen molar-refractivity contribution in [2.75, 3.05) is 5.32 Å². The van der Waals surface area contributed by atoms with Gasteiger partial charge in [-0.25, -0.2) is 0 Å². The SMILES string of the molecule is O=C(CC(=O)NC1CCCC1)Nc1ccc(Cl)cc1. The number of benzene rings is 1. The summed E-state index contributed by atoms with van der Waals surface area (Å²) in [5, 5.41) is 6.16. The minimum atomic E-state index is -0.308. The van der Waals surface area contributed by atoms with Crippen LogP contribution in [0.5, 0.6) is 0 Å². The van der Waals surface area contributed by atoms with Gasteiger partial charge in [0.1, 0.15) is 6.42 Å². The van der Waals surface area contributed by atoms with Gasteiger partial charge in [-0.1, -0.05) is 24.4 Å². The molecule has 1 aliphatic rings. The largest absolute Gasteiger partial charge is 0.353 e. The second kappa shape index (κ2) is 6.57. The first-order valence-corrected chi connectivity index (χ1v) is 6.86. The molecule has 0 aliphatic heterocycles. The van der Waals surface area contributed by atoms with Crippen molar-refractivity contribution in [3.8, 4) is 0 Å². The Morgan fingerprint density at radius 1 is 1.11 bits per heavy atom. The molecule has 0 aromatic heterocycles. The van der Waals surface area contributed by atoms with Crippen molar-refractivity contribution < 1.29 is 9.59 Å². The van der Waals surface area contributed by atoms with Gasteiger partial charge in [-0.3, -0.25) is 9.59 Å². The molecule has 0 radical (unpaired) electrons. The van der Waals surface area contributed by atoms with E-state index in [9.17, 15) is 9.59 Å². The Morgan fingerprint density at radius 3 is 2.37 bits per heavy atom. The van der Waals surface area contributed by atoms with Crippen molar-refractivity contribution >= 4 is 29.1 Å². The molecule has 0 heterocycles. The lowest BCUT2D eigenvalue weighted by atomic mass is 10.2. The fourth-order valence-corrected chi connectivity index (χ4v) is 2.36. The van der Waals surface area contributed by atoms with Crippen molar-refractivity contribution in [1.82, 2.24) is 5.32 Å².